The molecular formula is C13H16BrN3O3. The largest absolute Gasteiger partial charge is 0.503 e. The number of aliphatic imine (C=N–C) groups is 1. The van der Waals surface area contributed by atoms with Crippen LogP contribution in [0.3, 0.4) is 0 Å². The molecule has 1 unspecified atom stereocenters. The van der Waals surface area contributed by atoms with Crippen molar-refractivity contribution in [1.29, 1.82) is 0 Å². The molecule has 0 aliphatic carbocycles. The van der Waals surface area contributed by atoms with Gasteiger partial charge in [0.25, 0.3) is 0 Å². The molecule has 7 heteroatoms. The van der Waals surface area contributed by atoms with Crippen LogP contribution in [0.1, 0.15) is 25.5 Å². The molecule has 2 amide bonds. The van der Waals surface area contributed by atoms with Gasteiger partial charge >= 0.3 is 6.03 Å². The molecule has 6 nitrogen and oxygen atoms in total. The third-order valence-electron chi connectivity index (χ3n) is 3.15. The van der Waals surface area contributed by atoms with E-state index in [9.17, 15) is 9.90 Å². The van der Waals surface area contributed by atoms with Gasteiger partial charge in [0.2, 0.25) is 0 Å². The summed E-state index contributed by atoms with van der Waals surface area (Å²) in [5.41, 5.74) is 6.61. The van der Waals surface area contributed by atoms with Gasteiger partial charge in [-0.15, -0.1) is 0 Å². The van der Waals surface area contributed by atoms with Gasteiger partial charge < -0.3 is 20.5 Å². The predicted octanol–water partition coefficient (Wildman–Crippen LogP) is 2.41. The predicted molar refractivity (Wildman–Crippen MR) is 79.1 cm³/mol. The van der Waals surface area contributed by atoms with Crippen LogP contribution in [0.25, 0.3) is 0 Å². The van der Waals surface area contributed by atoms with Crippen LogP contribution in [-0.4, -0.2) is 35.0 Å². The Balaban J connectivity index is 2.52. The number of ether oxygens (including phenoxy) is 1. The molecule has 0 radical (unpaired) electrons. The fourth-order valence-corrected chi connectivity index (χ4v) is 2.70. The van der Waals surface area contributed by atoms with Crippen molar-refractivity contribution in [2.24, 2.45) is 10.7 Å². The van der Waals surface area contributed by atoms with Gasteiger partial charge in [-0.05, 0) is 47.5 Å². The number of phenols is 1. The summed E-state index contributed by atoms with van der Waals surface area (Å²) in [5, 5.41) is 9.84. The maximum absolute atomic E-state index is 11.9. The minimum absolute atomic E-state index is 0.00665. The zero-order chi connectivity index (χ0) is 15.0. The highest BCUT2D eigenvalue weighted by atomic mass is 79.9. The molecular weight excluding hydrogens is 326 g/mol. The lowest BCUT2D eigenvalue weighted by Gasteiger charge is -2.28. The van der Waals surface area contributed by atoms with E-state index in [1.165, 1.54) is 7.11 Å². The standard InChI is InChI=1S/C13H16BrN3O3/c1-6(2)17-10(12(15)16-13(17)19)7-4-8(14)11(18)9(5-7)20-3/h4-6,10,18H,1-3H3,(H2,15,16,19). The summed E-state index contributed by atoms with van der Waals surface area (Å²) in [7, 11) is 1.46. The summed E-state index contributed by atoms with van der Waals surface area (Å²) in [6.07, 6.45) is 0. The van der Waals surface area contributed by atoms with Crippen molar-refractivity contribution in [3.63, 3.8) is 0 Å². The summed E-state index contributed by atoms with van der Waals surface area (Å²) in [6, 6.07) is 2.51. The SMILES string of the molecule is COc1cc(C2C(N)=NC(=O)N2C(C)C)cc(Br)c1O. The van der Waals surface area contributed by atoms with Gasteiger partial charge in [-0.3, -0.25) is 0 Å². The first kappa shape index (κ1) is 14.6. The summed E-state index contributed by atoms with van der Waals surface area (Å²) >= 11 is 3.26. The normalized spacial score (nSPS) is 18.6. The van der Waals surface area contributed by atoms with Gasteiger partial charge in [0.1, 0.15) is 11.9 Å². The number of aromatic hydroxyl groups is 1. The summed E-state index contributed by atoms with van der Waals surface area (Å²) in [4.78, 5) is 17.3. The van der Waals surface area contributed by atoms with Crippen LogP contribution in [0.4, 0.5) is 4.79 Å². The number of phenolic OH excluding ortho intramolecular Hbond substituents is 1. The Labute approximate surface area is 125 Å². The first-order valence-corrected chi connectivity index (χ1v) is 6.88. The topological polar surface area (TPSA) is 88.2 Å². The first-order chi connectivity index (χ1) is 9.36. The molecule has 0 saturated heterocycles. The van der Waals surface area contributed by atoms with Crippen LogP contribution in [0.5, 0.6) is 11.5 Å². The van der Waals surface area contributed by atoms with E-state index in [2.05, 4.69) is 20.9 Å². The number of halogens is 1. The highest BCUT2D eigenvalue weighted by Gasteiger charge is 2.36. The second-order valence-electron chi connectivity index (χ2n) is 4.78. The van der Waals surface area contributed by atoms with Crippen LogP contribution in [0, 0.1) is 0 Å². The average Bonchev–Trinajstić information content (AvgIpc) is 2.67. The van der Waals surface area contributed by atoms with Gasteiger partial charge in [-0.1, -0.05) is 0 Å². The number of urea groups is 1. The third kappa shape index (κ3) is 2.33. The lowest BCUT2D eigenvalue weighted by Crippen LogP contribution is -2.38. The van der Waals surface area contributed by atoms with E-state index in [1.807, 2.05) is 13.8 Å². The number of hydrogen-bond acceptors (Lipinski definition) is 4. The Morgan fingerprint density at radius 1 is 1.50 bits per heavy atom. The van der Waals surface area contributed by atoms with Crippen LogP contribution in [0.15, 0.2) is 21.6 Å². The fraction of sp³-hybridized carbons (Fsp3) is 0.385. The summed E-state index contributed by atoms with van der Waals surface area (Å²) in [5.74, 6) is 0.556. The van der Waals surface area contributed by atoms with Crippen LogP contribution >= 0.6 is 15.9 Å². The molecule has 0 saturated carbocycles. The maximum Gasteiger partial charge on any atom is 0.346 e. The van der Waals surface area contributed by atoms with E-state index in [1.54, 1.807) is 17.0 Å². The molecule has 108 valence electrons. The number of benzene rings is 1. The van der Waals surface area contributed by atoms with Gasteiger partial charge in [0.05, 0.1) is 11.6 Å². The second kappa shape index (κ2) is 5.32. The van der Waals surface area contributed by atoms with Gasteiger partial charge in [-0.2, -0.15) is 4.99 Å². The monoisotopic (exact) mass is 341 g/mol. The van der Waals surface area contributed by atoms with E-state index < -0.39 is 6.04 Å². The lowest BCUT2D eigenvalue weighted by atomic mass is 10.0. The molecule has 1 aromatic carbocycles. The number of amidine groups is 1. The number of carbonyl (C=O) groups is 1. The van der Waals surface area contributed by atoms with Crippen LogP contribution in [-0.2, 0) is 0 Å². The molecule has 0 spiro atoms. The fourth-order valence-electron chi connectivity index (χ4n) is 2.24. The number of nitrogens with two attached hydrogens (primary N) is 1. The molecule has 0 fully saturated rings. The van der Waals surface area contributed by atoms with Crippen molar-refractivity contribution in [2.45, 2.75) is 25.9 Å². The number of hydrogen-bond donors (Lipinski definition) is 2. The highest BCUT2D eigenvalue weighted by molar-refractivity contribution is 9.10. The third-order valence-corrected chi connectivity index (χ3v) is 3.75. The van der Waals surface area contributed by atoms with Gasteiger partial charge in [-0.25, -0.2) is 4.79 Å². The molecule has 0 bridgehead atoms. The zero-order valence-corrected chi connectivity index (χ0v) is 13.0. The van der Waals surface area contributed by atoms with Crippen molar-refractivity contribution < 1.29 is 14.6 Å². The smallest absolute Gasteiger partial charge is 0.346 e. The van der Waals surface area contributed by atoms with Gasteiger partial charge in [0.15, 0.2) is 11.5 Å². The minimum atomic E-state index is -0.451. The molecule has 1 aliphatic heterocycles. The molecule has 2 rings (SSSR count). The highest BCUT2D eigenvalue weighted by Crippen LogP contribution is 2.39. The minimum Gasteiger partial charge on any atom is -0.503 e. The summed E-state index contributed by atoms with van der Waals surface area (Å²) in [6.45, 7) is 3.79. The van der Waals surface area contributed by atoms with E-state index in [-0.39, 0.29) is 23.7 Å². The Bertz CT molecular complexity index is 586. The van der Waals surface area contributed by atoms with Crippen molar-refractivity contribution in [3.05, 3.63) is 22.2 Å². The molecule has 3 N–H and O–H groups in total. The van der Waals surface area contributed by atoms with E-state index in [0.29, 0.717) is 10.2 Å². The quantitative estimate of drug-likeness (QED) is 0.883. The number of carbonyl (C=O) groups excluding carboxylic acids is 1. The van der Waals surface area contributed by atoms with Crippen LogP contribution < -0.4 is 10.5 Å². The molecule has 0 aromatic heterocycles. The number of rotatable bonds is 3. The first-order valence-electron chi connectivity index (χ1n) is 6.09. The second-order valence-corrected chi connectivity index (χ2v) is 5.63. The van der Waals surface area contributed by atoms with Crippen molar-refractivity contribution >= 4 is 27.8 Å². The number of methoxy groups -OCH3 is 1. The number of nitrogens with zero attached hydrogens (tertiary/aromatic N) is 2. The Morgan fingerprint density at radius 3 is 2.70 bits per heavy atom. The Hall–Kier alpha value is -1.76. The van der Waals surface area contributed by atoms with E-state index in [4.69, 9.17) is 10.5 Å². The average molecular weight is 342 g/mol. The molecule has 1 heterocycles. The van der Waals surface area contributed by atoms with E-state index >= 15 is 0 Å². The molecule has 1 atom stereocenters. The van der Waals surface area contributed by atoms with Gasteiger partial charge in [0, 0.05) is 6.04 Å². The molecule has 1 aromatic rings. The van der Waals surface area contributed by atoms with Crippen molar-refractivity contribution in [3.8, 4) is 11.5 Å². The Kier molecular flexibility index (Phi) is 3.89. The lowest BCUT2D eigenvalue weighted by molar-refractivity contribution is 0.190. The van der Waals surface area contributed by atoms with E-state index in [0.717, 1.165) is 5.56 Å². The summed E-state index contributed by atoms with van der Waals surface area (Å²) < 4.78 is 5.59. The van der Waals surface area contributed by atoms with Crippen molar-refractivity contribution in [1.82, 2.24) is 4.90 Å². The molecule has 1 aliphatic rings. The maximum atomic E-state index is 11.9. The molecule has 20 heavy (non-hydrogen) atoms. The number of amides is 2. The zero-order valence-electron chi connectivity index (χ0n) is 11.4. The van der Waals surface area contributed by atoms with Crippen molar-refractivity contribution in [2.75, 3.05) is 7.11 Å². The van der Waals surface area contributed by atoms with Crippen LogP contribution in [0.2, 0.25) is 0 Å². The Morgan fingerprint density at radius 2 is 2.15 bits per heavy atom.